The Labute approximate surface area is 91.0 Å². The molecule has 0 spiro atoms. The van der Waals surface area contributed by atoms with Gasteiger partial charge in [-0.2, -0.15) is 0 Å². The van der Waals surface area contributed by atoms with Gasteiger partial charge in [0.15, 0.2) is 5.60 Å². The predicted octanol–water partition coefficient (Wildman–Crippen LogP) is 0.833. The molecule has 0 radical (unpaired) electrons. The molecular weight excluding hydrogens is 194 g/mol. The van der Waals surface area contributed by atoms with Crippen molar-refractivity contribution in [1.29, 1.82) is 0 Å². The lowest BCUT2D eigenvalue weighted by Crippen LogP contribution is -2.52. The zero-order chi connectivity index (χ0) is 11.5. The molecule has 0 aliphatic heterocycles. The average Bonchev–Trinajstić information content (AvgIpc) is 2.62. The molecule has 1 aliphatic rings. The summed E-state index contributed by atoms with van der Waals surface area (Å²) < 4.78 is 4.53. The van der Waals surface area contributed by atoms with E-state index < -0.39 is 11.6 Å². The Hall–Kier alpha value is -0.610. The van der Waals surface area contributed by atoms with Crippen LogP contribution in [0.3, 0.4) is 0 Å². The fourth-order valence-corrected chi connectivity index (χ4v) is 2.01. The van der Waals surface area contributed by atoms with Crippen LogP contribution in [-0.4, -0.2) is 35.9 Å². The number of nitrogens with one attached hydrogen (secondary N) is 1. The number of aliphatic hydroxyl groups is 1. The van der Waals surface area contributed by atoms with E-state index in [9.17, 15) is 9.90 Å². The lowest BCUT2D eigenvalue weighted by atomic mass is 9.98. The van der Waals surface area contributed by atoms with Crippen LogP contribution < -0.4 is 5.32 Å². The van der Waals surface area contributed by atoms with Crippen LogP contribution in [0.4, 0.5) is 0 Å². The van der Waals surface area contributed by atoms with E-state index >= 15 is 0 Å². The molecule has 2 N–H and O–H groups in total. The minimum absolute atomic E-state index is 0.0675. The van der Waals surface area contributed by atoms with Gasteiger partial charge in [-0.15, -0.1) is 0 Å². The van der Waals surface area contributed by atoms with Gasteiger partial charge in [0, 0.05) is 12.1 Å². The highest BCUT2D eigenvalue weighted by atomic mass is 16.5. The van der Waals surface area contributed by atoms with Crippen molar-refractivity contribution in [2.75, 3.05) is 13.7 Å². The van der Waals surface area contributed by atoms with Gasteiger partial charge in [0.05, 0.1) is 7.11 Å². The highest BCUT2D eigenvalue weighted by molar-refractivity contribution is 5.78. The second-order valence-corrected chi connectivity index (χ2v) is 4.89. The van der Waals surface area contributed by atoms with Crippen molar-refractivity contribution in [3.8, 4) is 0 Å². The van der Waals surface area contributed by atoms with Crippen LogP contribution in [0.15, 0.2) is 0 Å². The molecule has 15 heavy (non-hydrogen) atoms. The van der Waals surface area contributed by atoms with E-state index in [0.717, 1.165) is 12.8 Å². The molecule has 1 unspecified atom stereocenters. The number of carbonyl (C=O) groups is 1. The maximum absolute atomic E-state index is 11.2. The first-order valence-corrected chi connectivity index (χ1v) is 5.45. The van der Waals surface area contributed by atoms with Crippen LogP contribution in [0.5, 0.6) is 0 Å². The summed E-state index contributed by atoms with van der Waals surface area (Å²) in [6.45, 7) is 3.85. The molecular formula is C11H21NO3. The van der Waals surface area contributed by atoms with E-state index in [1.807, 2.05) is 0 Å². The molecule has 0 aromatic heterocycles. The molecule has 0 amide bonds. The molecule has 1 atom stereocenters. The lowest BCUT2D eigenvalue weighted by Gasteiger charge is -2.30. The van der Waals surface area contributed by atoms with Gasteiger partial charge in [0.25, 0.3) is 0 Å². The Morgan fingerprint density at radius 3 is 2.53 bits per heavy atom. The van der Waals surface area contributed by atoms with Crippen LogP contribution in [0.1, 0.15) is 39.5 Å². The number of esters is 1. The Balaban J connectivity index is 2.44. The zero-order valence-corrected chi connectivity index (χ0v) is 9.80. The monoisotopic (exact) mass is 215 g/mol. The number of ether oxygens (including phenoxy) is 1. The first kappa shape index (κ1) is 12.5. The minimum Gasteiger partial charge on any atom is -0.467 e. The van der Waals surface area contributed by atoms with Gasteiger partial charge in [-0.1, -0.05) is 12.8 Å². The van der Waals surface area contributed by atoms with Gasteiger partial charge in [0.1, 0.15) is 0 Å². The largest absolute Gasteiger partial charge is 0.467 e. The molecule has 0 aromatic rings. The summed E-state index contributed by atoms with van der Waals surface area (Å²) >= 11 is 0. The van der Waals surface area contributed by atoms with Crippen LogP contribution in [0.2, 0.25) is 0 Å². The number of carbonyl (C=O) groups excluding carboxylic acids is 1. The van der Waals surface area contributed by atoms with Crippen LogP contribution in [0.25, 0.3) is 0 Å². The number of β-amino-alcohol motifs (C(OH)–C–C–N with tert-alkyl or cyclic N) is 1. The Kier molecular flexibility index (Phi) is 3.73. The summed E-state index contributed by atoms with van der Waals surface area (Å²) in [6, 6.07) is 0. The average molecular weight is 215 g/mol. The van der Waals surface area contributed by atoms with Gasteiger partial charge in [-0.05, 0) is 26.7 Å². The summed E-state index contributed by atoms with van der Waals surface area (Å²) in [5, 5.41) is 13.1. The van der Waals surface area contributed by atoms with Crippen molar-refractivity contribution >= 4 is 5.97 Å². The fraction of sp³-hybridized carbons (Fsp3) is 0.909. The molecule has 1 saturated carbocycles. The molecule has 1 rings (SSSR count). The fourth-order valence-electron chi connectivity index (χ4n) is 2.01. The molecule has 88 valence electrons. The molecule has 1 aliphatic carbocycles. The van der Waals surface area contributed by atoms with Crippen molar-refractivity contribution in [2.24, 2.45) is 0 Å². The van der Waals surface area contributed by atoms with E-state index in [2.05, 4.69) is 17.0 Å². The van der Waals surface area contributed by atoms with Gasteiger partial charge in [-0.3, -0.25) is 0 Å². The highest BCUT2D eigenvalue weighted by Crippen LogP contribution is 2.29. The van der Waals surface area contributed by atoms with E-state index in [0.29, 0.717) is 0 Å². The van der Waals surface area contributed by atoms with E-state index in [4.69, 9.17) is 0 Å². The predicted molar refractivity (Wildman–Crippen MR) is 57.5 cm³/mol. The van der Waals surface area contributed by atoms with Crippen molar-refractivity contribution in [1.82, 2.24) is 5.32 Å². The first-order valence-electron chi connectivity index (χ1n) is 5.45. The van der Waals surface area contributed by atoms with E-state index in [-0.39, 0.29) is 12.1 Å². The quantitative estimate of drug-likeness (QED) is 0.682. The van der Waals surface area contributed by atoms with Gasteiger partial charge < -0.3 is 15.2 Å². The van der Waals surface area contributed by atoms with Crippen LogP contribution in [-0.2, 0) is 9.53 Å². The highest BCUT2D eigenvalue weighted by Gasteiger charge is 2.35. The second-order valence-electron chi connectivity index (χ2n) is 4.89. The Morgan fingerprint density at radius 2 is 2.07 bits per heavy atom. The topological polar surface area (TPSA) is 58.6 Å². The maximum Gasteiger partial charge on any atom is 0.338 e. The van der Waals surface area contributed by atoms with Crippen LogP contribution in [0, 0.1) is 0 Å². The first-order chi connectivity index (χ1) is 6.90. The van der Waals surface area contributed by atoms with E-state index in [1.165, 1.54) is 26.9 Å². The zero-order valence-electron chi connectivity index (χ0n) is 9.80. The van der Waals surface area contributed by atoms with E-state index in [1.54, 1.807) is 0 Å². The Bertz CT molecular complexity index is 232. The lowest BCUT2D eigenvalue weighted by molar-refractivity contribution is -0.160. The summed E-state index contributed by atoms with van der Waals surface area (Å²) in [5.74, 6) is -0.586. The van der Waals surface area contributed by atoms with Gasteiger partial charge >= 0.3 is 5.97 Å². The summed E-state index contributed by atoms with van der Waals surface area (Å²) in [4.78, 5) is 11.2. The normalized spacial score (nSPS) is 23.5. The molecule has 4 heteroatoms. The van der Waals surface area contributed by atoms with Crippen molar-refractivity contribution in [3.63, 3.8) is 0 Å². The van der Waals surface area contributed by atoms with Crippen molar-refractivity contribution < 1.29 is 14.6 Å². The summed E-state index contributed by atoms with van der Waals surface area (Å²) in [6.07, 6.45) is 4.63. The number of hydrogen-bond donors (Lipinski definition) is 2. The Morgan fingerprint density at radius 1 is 1.53 bits per heavy atom. The second kappa shape index (κ2) is 4.49. The maximum atomic E-state index is 11.2. The van der Waals surface area contributed by atoms with Crippen molar-refractivity contribution in [3.05, 3.63) is 0 Å². The summed E-state index contributed by atoms with van der Waals surface area (Å²) in [7, 11) is 1.29. The smallest absolute Gasteiger partial charge is 0.338 e. The molecule has 0 saturated heterocycles. The molecule has 0 bridgehead atoms. The summed E-state index contributed by atoms with van der Waals surface area (Å²) in [5.41, 5.74) is -1.36. The van der Waals surface area contributed by atoms with Crippen molar-refractivity contribution in [2.45, 2.75) is 50.7 Å². The van der Waals surface area contributed by atoms with Gasteiger partial charge in [-0.25, -0.2) is 4.79 Å². The van der Waals surface area contributed by atoms with Crippen LogP contribution >= 0.6 is 0 Å². The third kappa shape index (κ3) is 3.18. The molecule has 4 nitrogen and oxygen atoms in total. The third-order valence-electron chi connectivity index (χ3n) is 3.19. The number of methoxy groups -OCH3 is 1. The van der Waals surface area contributed by atoms with Gasteiger partial charge in [0.2, 0.25) is 0 Å². The number of rotatable bonds is 4. The standard InChI is InChI=1S/C11H21NO3/c1-10(6-4-5-7-10)12-8-11(2,14)9(13)15-3/h12,14H,4-8H2,1-3H3. The molecule has 0 heterocycles. The minimum atomic E-state index is -1.43. The molecule has 0 aromatic carbocycles. The molecule has 1 fully saturated rings. The third-order valence-corrected chi connectivity index (χ3v) is 3.19. The SMILES string of the molecule is COC(=O)C(C)(O)CNC1(C)CCCC1. The number of hydrogen-bond acceptors (Lipinski definition) is 4.